The molecule has 0 spiro atoms. The van der Waals surface area contributed by atoms with Gasteiger partial charge in [-0.1, -0.05) is 5.16 Å². The van der Waals surface area contributed by atoms with Gasteiger partial charge in [-0.3, -0.25) is 9.59 Å². The number of rotatable bonds is 6. The van der Waals surface area contributed by atoms with Gasteiger partial charge < -0.3 is 14.9 Å². The van der Waals surface area contributed by atoms with E-state index in [2.05, 4.69) is 10.5 Å². The Bertz CT molecular complexity index is 423. The van der Waals surface area contributed by atoms with Gasteiger partial charge in [-0.05, 0) is 12.8 Å². The van der Waals surface area contributed by atoms with E-state index >= 15 is 0 Å². The number of hydrogen-bond donors (Lipinski definition) is 2. The maximum Gasteiger partial charge on any atom is 0.303 e. The quantitative estimate of drug-likeness (QED) is 0.772. The van der Waals surface area contributed by atoms with Gasteiger partial charge in [0.2, 0.25) is 5.91 Å². The van der Waals surface area contributed by atoms with E-state index in [1.807, 2.05) is 0 Å². The molecule has 6 heteroatoms. The van der Waals surface area contributed by atoms with Crippen LogP contribution in [0.5, 0.6) is 0 Å². The van der Waals surface area contributed by atoms with Crippen LogP contribution in [0.25, 0.3) is 0 Å². The summed E-state index contributed by atoms with van der Waals surface area (Å²) >= 11 is 0. The van der Waals surface area contributed by atoms with Gasteiger partial charge in [0.25, 0.3) is 0 Å². The number of hydrogen-bond acceptors (Lipinski definition) is 4. The molecule has 0 aliphatic heterocycles. The Morgan fingerprint density at radius 2 is 2.24 bits per heavy atom. The lowest BCUT2D eigenvalue weighted by Gasteiger charge is -2.03. The third-order valence-corrected chi connectivity index (χ3v) is 2.67. The molecule has 1 heterocycles. The van der Waals surface area contributed by atoms with E-state index in [4.69, 9.17) is 9.63 Å². The second-order valence-electron chi connectivity index (χ2n) is 4.16. The Balaban J connectivity index is 1.78. The third-order valence-electron chi connectivity index (χ3n) is 2.67. The molecule has 0 unspecified atom stereocenters. The van der Waals surface area contributed by atoms with E-state index in [1.54, 1.807) is 6.20 Å². The smallest absolute Gasteiger partial charge is 0.303 e. The van der Waals surface area contributed by atoms with Gasteiger partial charge >= 0.3 is 5.97 Å². The van der Waals surface area contributed by atoms with Crippen LogP contribution in [0.3, 0.4) is 0 Å². The van der Waals surface area contributed by atoms with Crippen LogP contribution in [0.1, 0.15) is 42.9 Å². The van der Waals surface area contributed by atoms with Crippen molar-refractivity contribution < 1.29 is 19.2 Å². The summed E-state index contributed by atoms with van der Waals surface area (Å²) in [4.78, 5) is 21.6. The SMILES string of the molecule is O=C(O)CCC(=O)NCc1cnoc1C1CC1. The van der Waals surface area contributed by atoms with Crippen LogP contribution in [-0.2, 0) is 16.1 Å². The van der Waals surface area contributed by atoms with E-state index in [9.17, 15) is 9.59 Å². The highest BCUT2D eigenvalue weighted by molar-refractivity contribution is 5.80. The van der Waals surface area contributed by atoms with E-state index in [0.29, 0.717) is 12.5 Å². The first-order valence-corrected chi connectivity index (χ1v) is 5.58. The topological polar surface area (TPSA) is 92.4 Å². The zero-order valence-corrected chi connectivity index (χ0v) is 9.31. The molecule has 2 rings (SSSR count). The maximum absolute atomic E-state index is 11.3. The molecule has 1 aromatic rings. The highest BCUT2D eigenvalue weighted by atomic mass is 16.5. The van der Waals surface area contributed by atoms with Crippen LogP contribution in [0, 0.1) is 0 Å². The fraction of sp³-hybridized carbons (Fsp3) is 0.545. The highest BCUT2D eigenvalue weighted by Crippen LogP contribution is 2.41. The molecule has 92 valence electrons. The van der Waals surface area contributed by atoms with Crippen LogP contribution >= 0.6 is 0 Å². The predicted octanol–water partition coefficient (Wildman–Crippen LogP) is 1.03. The van der Waals surface area contributed by atoms with Gasteiger partial charge in [0, 0.05) is 24.4 Å². The Labute approximate surface area is 98.0 Å². The van der Waals surface area contributed by atoms with Gasteiger partial charge in [-0.15, -0.1) is 0 Å². The summed E-state index contributed by atoms with van der Waals surface area (Å²) in [5.41, 5.74) is 0.885. The van der Waals surface area contributed by atoms with Crippen LogP contribution in [-0.4, -0.2) is 22.1 Å². The molecule has 1 fully saturated rings. The monoisotopic (exact) mass is 238 g/mol. The molecule has 1 saturated carbocycles. The minimum absolute atomic E-state index is 0.000620. The van der Waals surface area contributed by atoms with Gasteiger partial charge in [0.05, 0.1) is 12.6 Å². The largest absolute Gasteiger partial charge is 0.481 e. The molecule has 0 atom stereocenters. The molecule has 0 bridgehead atoms. The molecule has 0 radical (unpaired) electrons. The first-order valence-electron chi connectivity index (χ1n) is 5.58. The Morgan fingerprint density at radius 1 is 1.47 bits per heavy atom. The van der Waals surface area contributed by atoms with Crippen molar-refractivity contribution in [1.82, 2.24) is 10.5 Å². The Hall–Kier alpha value is -1.85. The van der Waals surface area contributed by atoms with Crippen molar-refractivity contribution in [2.45, 2.75) is 38.1 Å². The summed E-state index contributed by atoms with van der Waals surface area (Å²) in [6.45, 7) is 0.355. The Morgan fingerprint density at radius 3 is 2.88 bits per heavy atom. The normalized spacial score (nSPS) is 14.6. The lowest BCUT2D eigenvalue weighted by molar-refractivity contribution is -0.138. The number of nitrogens with one attached hydrogen (secondary N) is 1. The molecule has 0 saturated heterocycles. The van der Waals surface area contributed by atoms with E-state index in [-0.39, 0.29) is 18.7 Å². The van der Waals surface area contributed by atoms with E-state index < -0.39 is 5.97 Å². The van der Waals surface area contributed by atoms with Crippen molar-refractivity contribution in [3.05, 3.63) is 17.5 Å². The summed E-state index contributed by atoms with van der Waals surface area (Å²) in [6.07, 6.45) is 3.67. The fourth-order valence-corrected chi connectivity index (χ4v) is 1.59. The zero-order chi connectivity index (χ0) is 12.3. The molecule has 0 aromatic carbocycles. The molecule has 6 nitrogen and oxygen atoms in total. The van der Waals surface area contributed by atoms with Crippen LogP contribution in [0.4, 0.5) is 0 Å². The summed E-state index contributed by atoms with van der Waals surface area (Å²) in [7, 11) is 0. The Kier molecular flexibility index (Phi) is 3.41. The van der Waals surface area contributed by atoms with E-state index in [0.717, 1.165) is 24.2 Å². The summed E-state index contributed by atoms with van der Waals surface area (Å²) in [5.74, 6) is 0.0612. The maximum atomic E-state index is 11.3. The van der Waals surface area contributed by atoms with Crippen LogP contribution in [0.15, 0.2) is 10.7 Å². The molecule has 1 amide bonds. The average molecular weight is 238 g/mol. The van der Waals surface area contributed by atoms with Crippen LogP contribution < -0.4 is 5.32 Å². The molecular weight excluding hydrogens is 224 g/mol. The zero-order valence-electron chi connectivity index (χ0n) is 9.31. The van der Waals surface area contributed by atoms with Crippen molar-refractivity contribution in [3.63, 3.8) is 0 Å². The predicted molar refractivity (Wildman–Crippen MR) is 57.2 cm³/mol. The first-order chi connectivity index (χ1) is 8.16. The molecular formula is C11H14N2O4. The van der Waals surface area contributed by atoms with Crippen molar-refractivity contribution in [1.29, 1.82) is 0 Å². The number of carbonyl (C=O) groups is 2. The van der Waals surface area contributed by atoms with Gasteiger partial charge in [0.15, 0.2) is 0 Å². The molecule has 1 aliphatic carbocycles. The third kappa shape index (κ3) is 3.30. The van der Waals surface area contributed by atoms with Crippen molar-refractivity contribution in [2.75, 3.05) is 0 Å². The average Bonchev–Trinajstić information content (AvgIpc) is 3.03. The number of carboxylic acids is 1. The molecule has 1 aliphatic rings. The summed E-state index contributed by atoms with van der Waals surface area (Å²) in [6, 6.07) is 0. The lowest BCUT2D eigenvalue weighted by Crippen LogP contribution is -2.23. The van der Waals surface area contributed by atoms with Crippen molar-refractivity contribution in [2.24, 2.45) is 0 Å². The lowest BCUT2D eigenvalue weighted by atomic mass is 10.2. The van der Waals surface area contributed by atoms with E-state index in [1.165, 1.54) is 0 Å². The highest BCUT2D eigenvalue weighted by Gasteiger charge is 2.30. The molecule has 17 heavy (non-hydrogen) atoms. The number of carbonyl (C=O) groups excluding carboxylic acids is 1. The van der Waals surface area contributed by atoms with Crippen molar-refractivity contribution >= 4 is 11.9 Å². The molecule has 2 N–H and O–H groups in total. The second kappa shape index (κ2) is 4.99. The number of carboxylic acid groups (broad SMARTS) is 1. The summed E-state index contributed by atoms with van der Waals surface area (Å²) in [5, 5.41) is 14.8. The van der Waals surface area contributed by atoms with Crippen LogP contribution in [0.2, 0.25) is 0 Å². The first kappa shape index (κ1) is 11.6. The minimum atomic E-state index is -0.969. The van der Waals surface area contributed by atoms with Crippen molar-refractivity contribution in [3.8, 4) is 0 Å². The summed E-state index contributed by atoms with van der Waals surface area (Å²) < 4.78 is 5.12. The minimum Gasteiger partial charge on any atom is -0.481 e. The number of amides is 1. The van der Waals surface area contributed by atoms with Gasteiger partial charge in [-0.25, -0.2) is 0 Å². The molecule has 1 aromatic heterocycles. The second-order valence-corrected chi connectivity index (χ2v) is 4.16. The fourth-order valence-electron chi connectivity index (χ4n) is 1.59. The number of aliphatic carboxylic acids is 1. The van der Waals surface area contributed by atoms with Gasteiger partial charge in [-0.2, -0.15) is 0 Å². The standard InChI is InChI=1S/C11H14N2O4/c14-9(3-4-10(15)16)12-5-8-6-13-17-11(8)7-1-2-7/h6-7H,1-5H2,(H,12,14)(H,15,16). The number of nitrogens with zero attached hydrogens (tertiary/aromatic N) is 1. The van der Waals surface area contributed by atoms with Gasteiger partial charge in [0.1, 0.15) is 5.76 Å². The number of aromatic nitrogens is 1.